The summed E-state index contributed by atoms with van der Waals surface area (Å²) in [6.45, 7) is 10.1. The third-order valence-corrected chi connectivity index (χ3v) is 4.68. The van der Waals surface area contributed by atoms with E-state index in [0.717, 1.165) is 16.7 Å². The first-order valence-corrected chi connectivity index (χ1v) is 10.2. The van der Waals surface area contributed by atoms with Gasteiger partial charge in [0.05, 0.1) is 0 Å². The number of rotatable bonds is 9. The van der Waals surface area contributed by atoms with Crippen LogP contribution >= 0.6 is 0 Å². The smallest absolute Gasteiger partial charge is 0.261 e. The van der Waals surface area contributed by atoms with E-state index in [9.17, 15) is 14.0 Å². The van der Waals surface area contributed by atoms with Crippen molar-refractivity contribution in [1.82, 2.24) is 10.2 Å². The van der Waals surface area contributed by atoms with Crippen LogP contribution in [0, 0.1) is 25.6 Å². The van der Waals surface area contributed by atoms with E-state index < -0.39 is 6.04 Å². The lowest BCUT2D eigenvalue weighted by atomic mass is 10.1. The molecular formula is C24H31FN2O3. The molecule has 2 rings (SSSR count). The van der Waals surface area contributed by atoms with Crippen LogP contribution in [0.4, 0.5) is 4.39 Å². The number of benzene rings is 2. The number of hydrogen-bond donors (Lipinski definition) is 1. The minimum absolute atomic E-state index is 0.186. The van der Waals surface area contributed by atoms with Gasteiger partial charge in [0.2, 0.25) is 5.91 Å². The molecular weight excluding hydrogens is 383 g/mol. The van der Waals surface area contributed by atoms with Crippen molar-refractivity contribution < 1.29 is 18.7 Å². The van der Waals surface area contributed by atoms with Crippen LogP contribution in [0.15, 0.2) is 42.5 Å². The summed E-state index contributed by atoms with van der Waals surface area (Å²) in [6.07, 6.45) is 0. The molecule has 0 radical (unpaired) electrons. The van der Waals surface area contributed by atoms with Crippen molar-refractivity contribution in [2.45, 2.75) is 47.2 Å². The van der Waals surface area contributed by atoms with Gasteiger partial charge in [-0.25, -0.2) is 4.39 Å². The first-order valence-electron chi connectivity index (χ1n) is 10.2. The minimum Gasteiger partial charge on any atom is -0.484 e. The minimum atomic E-state index is -0.691. The lowest BCUT2D eigenvalue weighted by Gasteiger charge is -2.29. The van der Waals surface area contributed by atoms with Crippen molar-refractivity contribution >= 4 is 11.8 Å². The molecule has 0 heterocycles. The molecule has 0 saturated carbocycles. The third kappa shape index (κ3) is 7.17. The molecule has 0 saturated heterocycles. The first-order chi connectivity index (χ1) is 14.2. The molecule has 0 aliphatic carbocycles. The van der Waals surface area contributed by atoms with Gasteiger partial charge in [0.15, 0.2) is 6.61 Å². The summed E-state index contributed by atoms with van der Waals surface area (Å²) in [4.78, 5) is 27.0. The number of nitrogens with zero attached hydrogens (tertiary/aromatic N) is 1. The molecule has 2 aromatic rings. The van der Waals surface area contributed by atoms with E-state index in [1.807, 2.05) is 45.9 Å². The van der Waals surface area contributed by atoms with Crippen LogP contribution < -0.4 is 10.1 Å². The fraction of sp³-hybridized carbons (Fsp3) is 0.417. The van der Waals surface area contributed by atoms with Crippen LogP contribution in [0.25, 0.3) is 0 Å². The highest BCUT2D eigenvalue weighted by molar-refractivity contribution is 5.87. The second-order valence-electron chi connectivity index (χ2n) is 8.08. The number of nitrogens with one attached hydrogen (secondary N) is 1. The normalized spacial score (nSPS) is 11.8. The zero-order chi connectivity index (χ0) is 22.3. The van der Waals surface area contributed by atoms with Gasteiger partial charge in [-0.1, -0.05) is 32.0 Å². The van der Waals surface area contributed by atoms with E-state index in [1.165, 1.54) is 17.0 Å². The molecule has 1 atom stereocenters. The fourth-order valence-corrected chi connectivity index (χ4v) is 3.07. The zero-order valence-corrected chi connectivity index (χ0v) is 18.4. The monoisotopic (exact) mass is 414 g/mol. The molecule has 0 aliphatic heterocycles. The highest BCUT2D eigenvalue weighted by Crippen LogP contribution is 2.17. The van der Waals surface area contributed by atoms with Gasteiger partial charge >= 0.3 is 0 Å². The highest BCUT2D eigenvalue weighted by Gasteiger charge is 2.26. The van der Waals surface area contributed by atoms with E-state index in [1.54, 1.807) is 19.1 Å². The van der Waals surface area contributed by atoms with E-state index in [4.69, 9.17) is 4.74 Å². The zero-order valence-electron chi connectivity index (χ0n) is 18.4. The van der Waals surface area contributed by atoms with Crippen molar-refractivity contribution in [3.8, 4) is 5.75 Å². The molecule has 2 amide bonds. The van der Waals surface area contributed by atoms with Crippen molar-refractivity contribution in [2.24, 2.45) is 5.92 Å². The first kappa shape index (κ1) is 23.4. The van der Waals surface area contributed by atoms with Crippen LogP contribution in [0.5, 0.6) is 5.75 Å². The van der Waals surface area contributed by atoms with Gasteiger partial charge < -0.3 is 15.0 Å². The molecule has 30 heavy (non-hydrogen) atoms. The summed E-state index contributed by atoms with van der Waals surface area (Å²) in [7, 11) is 0. The van der Waals surface area contributed by atoms with Gasteiger partial charge in [-0.05, 0) is 67.6 Å². The van der Waals surface area contributed by atoms with E-state index in [0.29, 0.717) is 18.2 Å². The third-order valence-electron chi connectivity index (χ3n) is 4.68. The Labute approximate surface area is 178 Å². The van der Waals surface area contributed by atoms with Crippen LogP contribution in [-0.4, -0.2) is 35.9 Å². The molecule has 5 nitrogen and oxygen atoms in total. The maximum atomic E-state index is 13.3. The molecule has 0 fully saturated rings. The Hall–Kier alpha value is -2.89. The van der Waals surface area contributed by atoms with E-state index in [-0.39, 0.29) is 30.8 Å². The van der Waals surface area contributed by atoms with Gasteiger partial charge in [-0.3, -0.25) is 9.59 Å². The average molecular weight is 415 g/mol. The fourth-order valence-electron chi connectivity index (χ4n) is 3.07. The topological polar surface area (TPSA) is 58.6 Å². The molecule has 0 aromatic heterocycles. The van der Waals surface area contributed by atoms with Crippen LogP contribution in [0.2, 0.25) is 0 Å². The summed E-state index contributed by atoms with van der Waals surface area (Å²) in [5.74, 6) is 0.0172. The maximum Gasteiger partial charge on any atom is 0.261 e. The number of carbonyl (C=O) groups excluding carboxylic acids is 2. The highest BCUT2D eigenvalue weighted by atomic mass is 19.1. The Bertz CT molecular complexity index is 845. The summed E-state index contributed by atoms with van der Waals surface area (Å²) in [6, 6.07) is 11.0. The summed E-state index contributed by atoms with van der Waals surface area (Å²) in [5, 5.41) is 2.87. The van der Waals surface area contributed by atoms with Crippen molar-refractivity contribution in [1.29, 1.82) is 0 Å². The standard InChI is InChI=1S/C24H31FN2O3/c1-16(2)13-26-24(29)19(5)27(14-20-6-8-21(25)9-7-20)23(28)15-30-22-11-17(3)10-18(4)12-22/h6-12,16,19H,13-15H2,1-5H3,(H,26,29)/t19-/m1/s1. The molecule has 0 unspecified atom stereocenters. The van der Waals surface area contributed by atoms with Crippen LogP contribution in [-0.2, 0) is 16.1 Å². The van der Waals surface area contributed by atoms with Crippen molar-refractivity contribution in [3.05, 3.63) is 65.0 Å². The number of amides is 2. The SMILES string of the molecule is Cc1cc(C)cc(OCC(=O)N(Cc2ccc(F)cc2)[C@H](C)C(=O)NCC(C)C)c1. The molecule has 6 heteroatoms. The van der Waals surface area contributed by atoms with Gasteiger partial charge in [0.25, 0.3) is 5.91 Å². The summed E-state index contributed by atoms with van der Waals surface area (Å²) >= 11 is 0. The second kappa shape index (κ2) is 10.8. The predicted molar refractivity (Wildman–Crippen MR) is 116 cm³/mol. The number of carbonyl (C=O) groups is 2. The lowest BCUT2D eigenvalue weighted by Crippen LogP contribution is -2.49. The number of aryl methyl sites for hydroxylation is 2. The molecule has 0 bridgehead atoms. The van der Waals surface area contributed by atoms with Crippen molar-refractivity contribution in [3.63, 3.8) is 0 Å². The largest absolute Gasteiger partial charge is 0.484 e. The Morgan fingerprint density at radius 1 is 1.03 bits per heavy atom. The van der Waals surface area contributed by atoms with E-state index in [2.05, 4.69) is 5.32 Å². The van der Waals surface area contributed by atoms with Crippen LogP contribution in [0.1, 0.15) is 37.5 Å². The Morgan fingerprint density at radius 2 is 1.63 bits per heavy atom. The molecule has 162 valence electrons. The van der Waals surface area contributed by atoms with Crippen LogP contribution in [0.3, 0.4) is 0 Å². The molecule has 2 aromatic carbocycles. The second-order valence-corrected chi connectivity index (χ2v) is 8.08. The Balaban J connectivity index is 2.14. The van der Waals surface area contributed by atoms with Gasteiger partial charge in [-0.2, -0.15) is 0 Å². The lowest BCUT2D eigenvalue weighted by molar-refractivity contribution is -0.142. The molecule has 1 N–H and O–H groups in total. The van der Waals surface area contributed by atoms with E-state index >= 15 is 0 Å². The number of hydrogen-bond acceptors (Lipinski definition) is 3. The maximum absolute atomic E-state index is 13.3. The summed E-state index contributed by atoms with van der Waals surface area (Å²) < 4.78 is 19.0. The van der Waals surface area contributed by atoms with Gasteiger partial charge in [0.1, 0.15) is 17.6 Å². The molecule has 0 spiro atoms. The summed E-state index contributed by atoms with van der Waals surface area (Å²) in [5.41, 5.74) is 2.82. The van der Waals surface area contributed by atoms with Gasteiger partial charge in [-0.15, -0.1) is 0 Å². The number of halogens is 1. The quantitative estimate of drug-likeness (QED) is 0.674. The molecule has 0 aliphatic rings. The number of ether oxygens (including phenoxy) is 1. The average Bonchev–Trinajstić information content (AvgIpc) is 2.68. The van der Waals surface area contributed by atoms with Gasteiger partial charge in [0, 0.05) is 13.1 Å². The van der Waals surface area contributed by atoms with Crippen molar-refractivity contribution in [2.75, 3.05) is 13.2 Å². The Morgan fingerprint density at radius 3 is 2.20 bits per heavy atom. The predicted octanol–water partition coefficient (Wildman–Crippen LogP) is 4.01. The Kier molecular flexibility index (Phi) is 8.39.